The number of aromatic nitrogens is 4. The van der Waals surface area contributed by atoms with E-state index in [0.29, 0.717) is 19.5 Å². The summed E-state index contributed by atoms with van der Waals surface area (Å²) in [7, 11) is 0. The Bertz CT molecular complexity index is 604. The van der Waals surface area contributed by atoms with Crippen molar-refractivity contribution in [3.8, 4) is 0 Å². The summed E-state index contributed by atoms with van der Waals surface area (Å²) in [6.07, 6.45) is 4.51. The van der Waals surface area contributed by atoms with Gasteiger partial charge in [-0.25, -0.2) is 4.68 Å². The molecule has 0 bridgehead atoms. The van der Waals surface area contributed by atoms with Crippen molar-refractivity contribution in [1.82, 2.24) is 30.4 Å². The first-order valence-corrected chi connectivity index (χ1v) is 8.07. The van der Waals surface area contributed by atoms with E-state index in [2.05, 4.69) is 50.0 Å². The highest BCUT2D eigenvalue weighted by Crippen LogP contribution is 2.13. The van der Waals surface area contributed by atoms with Gasteiger partial charge in [0, 0.05) is 19.5 Å². The number of likely N-dealkylation sites (tertiary alicyclic amines) is 1. The Balaban J connectivity index is 1.40. The molecule has 0 aliphatic carbocycles. The summed E-state index contributed by atoms with van der Waals surface area (Å²) < 4.78 is 1.55. The average Bonchev–Trinajstić information content (AvgIpc) is 3.26. The number of amides is 1. The molecule has 2 aromatic rings. The first kappa shape index (κ1) is 15.6. The number of nitrogens with zero attached hydrogens (tertiary/aromatic N) is 5. The topological polar surface area (TPSA) is 75.9 Å². The van der Waals surface area contributed by atoms with Crippen molar-refractivity contribution in [3.63, 3.8) is 0 Å². The van der Waals surface area contributed by atoms with Gasteiger partial charge in [0.15, 0.2) is 0 Å². The number of rotatable bonds is 7. The zero-order valence-electron chi connectivity index (χ0n) is 13.2. The number of carbonyl (C=O) groups is 1. The lowest BCUT2D eigenvalue weighted by Crippen LogP contribution is -2.24. The Kier molecular flexibility index (Phi) is 5.31. The molecule has 1 aromatic carbocycles. The minimum atomic E-state index is 0.00152. The molecule has 0 unspecified atom stereocenters. The van der Waals surface area contributed by atoms with E-state index in [9.17, 15) is 4.79 Å². The Hall–Kier alpha value is -2.28. The highest BCUT2D eigenvalue weighted by atomic mass is 16.1. The van der Waals surface area contributed by atoms with Gasteiger partial charge in [0.2, 0.25) is 5.91 Å². The van der Waals surface area contributed by atoms with Crippen molar-refractivity contribution in [2.75, 3.05) is 13.1 Å². The number of carbonyl (C=O) groups excluding carboxylic acids is 1. The van der Waals surface area contributed by atoms with Crippen LogP contribution in [0.25, 0.3) is 0 Å². The van der Waals surface area contributed by atoms with Gasteiger partial charge in [-0.2, -0.15) is 0 Å². The fourth-order valence-corrected chi connectivity index (χ4v) is 2.75. The highest BCUT2D eigenvalue weighted by molar-refractivity contribution is 5.75. The quantitative estimate of drug-likeness (QED) is 0.824. The molecule has 7 heteroatoms. The third kappa shape index (κ3) is 4.85. The van der Waals surface area contributed by atoms with Crippen LogP contribution in [0.2, 0.25) is 0 Å². The van der Waals surface area contributed by atoms with Crippen LogP contribution in [0, 0.1) is 0 Å². The molecule has 0 radical (unpaired) electrons. The standard InChI is InChI=1S/C16H22N6O/c23-16(7-10-22-13-18-19-20-22)17-11-14-3-5-15(6-4-14)12-21-8-1-2-9-21/h3-6,13H,1-2,7-12H2,(H,17,23). The molecule has 1 aliphatic rings. The van der Waals surface area contributed by atoms with Crippen LogP contribution in [-0.4, -0.2) is 44.1 Å². The minimum absolute atomic E-state index is 0.00152. The fourth-order valence-electron chi connectivity index (χ4n) is 2.75. The second kappa shape index (κ2) is 7.82. The molecule has 7 nitrogen and oxygen atoms in total. The molecular formula is C16H22N6O. The third-order valence-electron chi connectivity index (χ3n) is 4.08. The van der Waals surface area contributed by atoms with E-state index in [1.807, 2.05) is 0 Å². The number of hydrogen-bond acceptors (Lipinski definition) is 5. The number of nitrogens with one attached hydrogen (secondary N) is 1. The van der Waals surface area contributed by atoms with Crippen LogP contribution in [0.4, 0.5) is 0 Å². The molecule has 1 N–H and O–H groups in total. The van der Waals surface area contributed by atoms with E-state index in [4.69, 9.17) is 0 Å². The molecule has 23 heavy (non-hydrogen) atoms. The first-order chi connectivity index (χ1) is 11.3. The van der Waals surface area contributed by atoms with Crippen molar-refractivity contribution >= 4 is 5.91 Å². The van der Waals surface area contributed by atoms with Crippen LogP contribution in [-0.2, 0) is 24.4 Å². The molecular weight excluding hydrogens is 292 g/mol. The molecule has 3 rings (SSSR count). The lowest BCUT2D eigenvalue weighted by atomic mass is 10.1. The average molecular weight is 314 g/mol. The summed E-state index contributed by atoms with van der Waals surface area (Å²) in [6, 6.07) is 8.49. The van der Waals surface area contributed by atoms with Crippen molar-refractivity contribution in [2.45, 2.75) is 38.9 Å². The molecule has 0 spiro atoms. The van der Waals surface area contributed by atoms with Gasteiger partial charge in [-0.15, -0.1) is 5.10 Å². The highest BCUT2D eigenvalue weighted by Gasteiger charge is 2.11. The van der Waals surface area contributed by atoms with Gasteiger partial charge in [-0.3, -0.25) is 9.69 Å². The molecule has 1 aromatic heterocycles. The van der Waals surface area contributed by atoms with E-state index in [-0.39, 0.29) is 5.91 Å². The smallest absolute Gasteiger partial charge is 0.222 e. The van der Waals surface area contributed by atoms with Gasteiger partial charge in [0.05, 0.1) is 6.54 Å². The van der Waals surface area contributed by atoms with Gasteiger partial charge in [-0.1, -0.05) is 24.3 Å². The maximum Gasteiger partial charge on any atom is 0.222 e. The van der Waals surface area contributed by atoms with Crippen LogP contribution in [0.15, 0.2) is 30.6 Å². The van der Waals surface area contributed by atoms with E-state index < -0.39 is 0 Å². The first-order valence-electron chi connectivity index (χ1n) is 8.07. The van der Waals surface area contributed by atoms with Crippen LogP contribution in [0.1, 0.15) is 30.4 Å². The van der Waals surface area contributed by atoms with Crippen LogP contribution in [0.3, 0.4) is 0 Å². The Morgan fingerprint density at radius 2 is 1.87 bits per heavy atom. The number of aryl methyl sites for hydroxylation is 1. The van der Waals surface area contributed by atoms with Crippen LogP contribution in [0.5, 0.6) is 0 Å². The van der Waals surface area contributed by atoms with Gasteiger partial charge < -0.3 is 5.32 Å². The van der Waals surface area contributed by atoms with Crippen molar-refractivity contribution < 1.29 is 4.79 Å². The minimum Gasteiger partial charge on any atom is -0.352 e. The summed E-state index contributed by atoms with van der Waals surface area (Å²) >= 11 is 0. The largest absolute Gasteiger partial charge is 0.352 e. The van der Waals surface area contributed by atoms with Crippen molar-refractivity contribution in [3.05, 3.63) is 41.7 Å². The second-order valence-electron chi connectivity index (χ2n) is 5.90. The predicted molar refractivity (Wildman–Crippen MR) is 85.2 cm³/mol. The van der Waals surface area contributed by atoms with Crippen LogP contribution >= 0.6 is 0 Å². The predicted octanol–water partition coefficient (Wildman–Crippen LogP) is 0.975. The van der Waals surface area contributed by atoms with Gasteiger partial charge >= 0.3 is 0 Å². The zero-order valence-corrected chi connectivity index (χ0v) is 13.2. The van der Waals surface area contributed by atoms with Gasteiger partial charge in [0.1, 0.15) is 6.33 Å². The van der Waals surface area contributed by atoms with Gasteiger partial charge in [0.25, 0.3) is 0 Å². The molecule has 2 heterocycles. The van der Waals surface area contributed by atoms with Crippen LogP contribution < -0.4 is 5.32 Å². The number of tetrazole rings is 1. The van der Waals surface area contributed by atoms with Gasteiger partial charge in [-0.05, 0) is 47.5 Å². The number of benzene rings is 1. The van der Waals surface area contributed by atoms with Crippen molar-refractivity contribution in [1.29, 1.82) is 0 Å². The van der Waals surface area contributed by atoms with E-state index in [1.165, 1.54) is 37.8 Å². The van der Waals surface area contributed by atoms with E-state index >= 15 is 0 Å². The fraction of sp³-hybridized carbons (Fsp3) is 0.500. The van der Waals surface area contributed by atoms with E-state index in [0.717, 1.165) is 12.1 Å². The molecule has 1 saturated heterocycles. The lowest BCUT2D eigenvalue weighted by molar-refractivity contribution is -0.121. The second-order valence-corrected chi connectivity index (χ2v) is 5.90. The molecule has 1 fully saturated rings. The SMILES string of the molecule is O=C(CCn1cnnn1)NCc1ccc(CN2CCCC2)cc1. The molecule has 0 saturated carbocycles. The Labute approximate surface area is 135 Å². The summed E-state index contributed by atoms with van der Waals surface area (Å²) in [6.45, 7) is 4.49. The summed E-state index contributed by atoms with van der Waals surface area (Å²) in [4.78, 5) is 14.3. The lowest BCUT2D eigenvalue weighted by Gasteiger charge is -2.14. The Morgan fingerprint density at radius 1 is 1.13 bits per heavy atom. The summed E-state index contributed by atoms with van der Waals surface area (Å²) in [5.74, 6) is 0.00152. The zero-order chi connectivity index (χ0) is 15.9. The normalized spacial score (nSPS) is 15.0. The monoisotopic (exact) mass is 314 g/mol. The molecule has 122 valence electrons. The maximum atomic E-state index is 11.8. The molecule has 1 amide bonds. The molecule has 1 aliphatic heterocycles. The number of hydrogen-bond donors (Lipinski definition) is 1. The summed E-state index contributed by atoms with van der Waals surface area (Å²) in [5, 5.41) is 13.7. The maximum absolute atomic E-state index is 11.8. The van der Waals surface area contributed by atoms with E-state index in [1.54, 1.807) is 4.68 Å². The molecule has 0 atom stereocenters. The summed E-state index contributed by atoms with van der Waals surface area (Å²) in [5.41, 5.74) is 2.45. The third-order valence-corrected chi connectivity index (χ3v) is 4.08. The van der Waals surface area contributed by atoms with Crippen molar-refractivity contribution in [2.24, 2.45) is 0 Å². The Morgan fingerprint density at radius 3 is 2.57 bits per heavy atom.